The number of imide groups is 1. The molecule has 0 aliphatic carbocycles. The third-order valence-electron chi connectivity index (χ3n) is 5.51. The first kappa shape index (κ1) is 26.6. The predicted molar refractivity (Wildman–Crippen MR) is 121 cm³/mol. The van der Waals surface area contributed by atoms with E-state index in [1.807, 2.05) is 0 Å². The molecule has 0 bridgehead atoms. The number of carbonyl (C=O) groups excluding carboxylic acids is 3. The Morgan fingerprint density at radius 1 is 1.06 bits per heavy atom. The van der Waals surface area contributed by atoms with Crippen molar-refractivity contribution < 1.29 is 37.0 Å². The van der Waals surface area contributed by atoms with Crippen LogP contribution in [0, 0.1) is 0 Å². The molecule has 190 valence electrons. The fraction of sp³-hybridized carbons (Fsp3) is 0.571. The molecule has 1 fully saturated rings. The van der Waals surface area contributed by atoms with E-state index >= 15 is 0 Å². The number of hydrogen-bond acceptors (Lipinski definition) is 9. The third kappa shape index (κ3) is 6.99. The Bertz CT molecular complexity index is 1100. The van der Waals surface area contributed by atoms with E-state index in [4.69, 9.17) is 19.7 Å². The maximum atomic E-state index is 13.0. The van der Waals surface area contributed by atoms with Crippen molar-refractivity contribution in [3.8, 4) is 0 Å². The second-order valence-corrected chi connectivity index (χ2v) is 9.87. The molecule has 2 aliphatic heterocycles. The van der Waals surface area contributed by atoms with Crippen LogP contribution in [0.2, 0.25) is 0 Å². The van der Waals surface area contributed by atoms with Gasteiger partial charge in [0.15, 0.2) is 9.84 Å². The number of fused-ring (bicyclic) bond motifs is 1. The van der Waals surface area contributed by atoms with E-state index in [1.165, 1.54) is 23.1 Å². The molecular formula is C21H27N5O8S. The van der Waals surface area contributed by atoms with Gasteiger partial charge in [0.2, 0.25) is 11.8 Å². The molecule has 13 nitrogen and oxygen atoms in total. The molecule has 0 radical (unpaired) electrons. The van der Waals surface area contributed by atoms with E-state index in [2.05, 4.69) is 15.3 Å². The molecule has 14 heteroatoms. The Kier molecular flexibility index (Phi) is 9.57. The average Bonchev–Trinajstić information content (AvgIpc) is 3.16. The number of amides is 3. The van der Waals surface area contributed by atoms with Crippen molar-refractivity contribution in [1.82, 2.24) is 10.2 Å². The van der Waals surface area contributed by atoms with Gasteiger partial charge in [0.05, 0.1) is 50.3 Å². The summed E-state index contributed by atoms with van der Waals surface area (Å²) in [7, 11) is -3.75. The van der Waals surface area contributed by atoms with Crippen LogP contribution in [-0.4, -0.2) is 89.0 Å². The first-order valence-corrected chi connectivity index (χ1v) is 12.7. The second kappa shape index (κ2) is 12.6. The van der Waals surface area contributed by atoms with Gasteiger partial charge < -0.3 is 19.1 Å². The first-order chi connectivity index (χ1) is 16.8. The maximum absolute atomic E-state index is 13.0. The lowest BCUT2D eigenvalue weighted by molar-refractivity contribution is -0.136. The van der Waals surface area contributed by atoms with Gasteiger partial charge >= 0.3 is 0 Å². The Hall–Kier alpha value is -3.03. The van der Waals surface area contributed by atoms with E-state index in [0.717, 1.165) is 0 Å². The molecule has 1 saturated heterocycles. The van der Waals surface area contributed by atoms with Crippen molar-refractivity contribution in [3.05, 3.63) is 39.8 Å². The lowest BCUT2D eigenvalue weighted by Gasteiger charge is -2.29. The van der Waals surface area contributed by atoms with Crippen molar-refractivity contribution in [3.63, 3.8) is 0 Å². The molecule has 1 unspecified atom stereocenters. The van der Waals surface area contributed by atoms with Crippen LogP contribution in [0.15, 0.2) is 28.2 Å². The fourth-order valence-corrected chi connectivity index (χ4v) is 5.21. The minimum Gasteiger partial charge on any atom is -0.379 e. The quantitative estimate of drug-likeness (QED) is 0.124. The number of piperidine rings is 1. The standard InChI is InChI=1S/C21H27N5O8S/c22-25-23-6-7-32-8-9-33-10-11-34-12-13-35(30,31)18-3-1-2-15-16(18)14-26(21(15)29)17-4-5-19(27)24-20(17)28/h1-3,17H,4-14H2,(H,24,27,28). The second-order valence-electron chi connectivity index (χ2n) is 7.79. The van der Waals surface area contributed by atoms with Crippen LogP contribution in [-0.2, 0) is 40.2 Å². The number of hydrogen-bond donors (Lipinski definition) is 1. The summed E-state index contributed by atoms with van der Waals surface area (Å²) in [6, 6.07) is 3.67. The normalized spacial score (nSPS) is 17.8. The highest BCUT2D eigenvalue weighted by Crippen LogP contribution is 2.32. The van der Waals surface area contributed by atoms with Crippen molar-refractivity contribution in [2.24, 2.45) is 5.11 Å². The summed E-state index contributed by atoms with van der Waals surface area (Å²) in [5, 5.41) is 5.56. The van der Waals surface area contributed by atoms with E-state index in [-0.39, 0.29) is 67.9 Å². The zero-order valence-corrected chi connectivity index (χ0v) is 19.9. The minimum atomic E-state index is -3.75. The van der Waals surface area contributed by atoms with Crippen LogP contribution in [0.3, 0.4) is 0 Å². The smallest absolute Gasteiger partial charge is 0.255 e. The lowest BCUT2D eigenvalue weighted by Crippen LogP contribution is -2.52. The summed E-state index contributed by atoms with van der Waals surface area (Å²) in [5.41, 5.74) is 8.74. The van der Waals surface area contributed by atoms with Gasteiger partial charge in [-0.2, -0.15) is 0 Å². The van der Waals surface area contributed by atoms with Crippen molar-refractivity contribution in [2.45, 2.75) is 30.3 Å². The van der Waals surface area contributed by atoms with Crippen molar-refractivity contribution >= 4 is 27.6 Å². The van der Waals surface area contributed by atoms with Gasteiger partial charge in [-0.25, -0.2) is 8.42 Å². The summed E-state index contributed by atoms with van der Waals surface area (Å²) in [4.78, 5) is 40.5. The first-order valence-electron chi connectivity index (χ1n) is 11.1. The molecule has 0 spiro atoms. The molecule has 0 saturated carbocycles. The van der Waals surface area contributed by atoms with Gasteiger partial charge in [0, 0.05) is 35.5 Å². The number of benzene rings is 1. The molecule has 1 aromatic rings. The van der Waals surface area contributed by atoms with Gasteiger partial charge in [-0.3, -0.25) is 19.7 Å². The number of carbonyl (C=O) groups is 3. The Balaban J connectivity index is 1.46. The third-order valence-corrected chi connectivity index (χ3v) is 7.27. The highest BCUT2D eigenvalue weighted by atomic mass is 32.2. The molecule has 35 heavy (non-hydrogen) atoms. The summed E-state index contributed by atoms with van der Waals surface area (Å²) in [6.45, 7) is 1.61. The SMILES string of the molecule is [N-]=[N+]=NCCOCCOCCOCCS(=O)(=O)c1cccc2c1CN(C1CCC(=O)NC1=O)C2=O. The molecule has 0 aromatic heterocycles. The van der Waals surface area contributed by atoms with Crippen LogP contribution >= 0.6 is 0 Å². The summed E-state index contributed by atoms with van der Waals surface area (Å²) >= 11 is 0. The number of nitrogens with one attached hydrogen (secondary N) is 1. The molecule has 1 atom stereocenters. The predicted octanol–water partition coefficient (Wildman–Crippen LogP) is 0.581. The van der Waals surface area contributed by atoms with E-state index in [9.17, 15) is 22.8 Å². The molecule has 3 amide bonds. The van der Waals surface area contributed by atoms with Crippen LogP contribution < -0.4 is 5.32 Å². The monoisotopic (exact) mass is 509 g/mol. The van der Waals surface area contributed by atoms with E-state index in [0.29, 0.717) is 25.4 Å². The van der Waals surface area contributed by atoms with Crippen LogP contribution in [0.4, 0.5) is 0 Å². The van der Waals surface area contributed by atoms with Crippen LogP contribution in [0.25, 0.3) is 10.4 Å². The highest BCUT2D eigenvalue weighted by molar-refractivity contribution is 7.91. The van der Waals surface area contributed by atoms with Gasteiger partial charge in [-0.1, -0.05) is 11.2 Å². The number of rotatable bonds is 14. The molecule has 2 heterocycles. The lowest BCUT2D eigenvalue weighted by atomic mass is 10.0. The average molecular weight is 510 g/mol. The fourth-order valence-electron chi connectivity index (χ4n) is 3.82. The Labute approximate surface area is 202 Å². The summed E-state index contributed by atoms with van der Waals surface area (Å²) < 4.78 is 41.8. The van der Waals surface area contributed by atoms with Crippen molar-refractivity contribution in [1.29, 1.82) is 0 Å². The largest absolute Gasteiger partial charge is 0.379 e. The number of ether oxygens (including phenoxy) is 3. The highest BCUT2D eigenvalue weighted by Gasteiger charge is 2.40. The van der Waals surface area contributed by atoms with E-state index in [1.54, 1.807) is 0 Å². The molecule has 1 aromatic carbocycles. The van der Waals surface area contributed by atoms with Gasteiger partial charge in [-0.15, -0.1) is 0 Å². The maximum Gasteiger partial charge on any atom is 0.255 e. The van der Waals surface area contributed by atoms with Gasteiger partial charge in [0.1, 0.15) is 6.04 Å². The summed E-state index contributed by atoms with van der Waals surface area (Å²) in [6.07, 6.45) is 0.317. The van der Waals surface area contributed by atoms with Gasteiger partial charge in [0.25, 0.3) is 5.91 Å². The van der Waals surface area contributed by atoms with Gasteiger partial charge in [-0.05, 0) is 24.1 Å². The Morgan fingerprint density at radius 3 is 2.43 bits per heavy atom. The van der Waals surface area contributed by atoms with E-state index < -0.39 is 27.7 Å². The molecule has 1 N–H and O–H groups in total. The summed E-state index contributed by atoms with van der Waals surface area (Å²) in [5.74, 6) is -1.65. The van der Waals surface area contributed by atoms with Crippen LogP contribution in [0.1, 0.15) is 28.8 Å². The zero-order valence-electron chi connectivity index (χ0n) is 19.1. The topological polar surface area (TPSA) is 177 Å². The van der Waals surface area contributed by atoms with Crippen LogP contribution in [0.5, 0.6) is 0 Å². The number of azide groups is 1. The van der Waals surface area contributed by atoms with Crippen molar-refractivity contribution in [2.75, 3.05) is 51.9 Å². The molecule has 2 aliphatic rings. The zero-order chi connectivity index (χ0) is 25.3. The molecule has 3 rings (SSSR count). The molecular weight excluding hydrogens is 482 g/mol. The number of sulfone groups is 1. The minimum absolute atomic E-state index is 0.0184. The Morgan fingerprint density at radius 2 is 1.74 bits per heavy atom. The number of nitrogens with zero attached hydrogens (tertiary/aromatic N) is 4.